The summed E-state index contributed by atoms with van der Waals surface area (Å²) in [5.74, 6) is -1.07. The van der Waals surface area contributed by atoms with Gasteiger partial charge in [-0.2, -0.15) is 0 Å². The van der Waals surface area contributed by atoms with Crippen LogP contribution >= 0.6 is 11.3 Å². The van der Waals surface area contributed by atoms with Gasteiger partial charge in [0.2, 0.25) is 5.76 Å². The normalized spacial score (nSPS) is 14.5. The lowest BCUT2D eigenvalue weighted by Crippen LogP contribution is -2.29. The number of hydrogen-bond acceptors (Lipinski definition) is 9. The highest BCUT2D eigenvalue weighted by Gasteiger charge is 2.45. The van der Waals surface area contributed by atoms with Gasteiger partial charge in [0.15, 0.2) is 22.1 Å². The SMILES string of the molecule is CCCCCOc1ccc(C2c3c(oc4ccc(F)cc4c3=O)C(=O)N2c2nc(C)c(C(=O)OC)s2)cc1OC. The molecule has 11 heteroatoms. The number of ether oxygens (including phenoxy) is 3. The van der Waals surface area contributed by atoms with Crippen LogP contribution in [-0.4, -0.2) is 37.7 Å². The van der Waals surface area contributed by atoms with Gasteiger partial charge in [-0.1, -0.05) is 37.2 Å². The summed E-state index contributed by atoms with van der Waals surface area (Å²) in [4.78, 5) is 45.9. The van der Waals surface area contributed by atoms with E-state index in [0.717, 1.165) is 42.7 Å². The van der Waals surface area contributed by atoms with E-state index >= 15 is 0 Å². The Morgan fingerprint density at radius 1 is 1.12 bits per heavy atom. The highest BCUT2D eigenvalue weighted by atomic mass is 32.1. The van der Waals surface area contributed by atoms with Crippen molar-refractivity contribution in [3.8, 4) is 11.5 Å². The number of hydrogen-bond donors (Lipinski definition) is 0. The van der Waals surface area contributed by atoms with Gasteiger partial charge >= 0.3 is 5.97 Å². The Morgan fingerprint density at radius 2 is 1.93 bits per heavy atom. The highest BCUT2D eigenvalue weighted by molar-refractivity contribution is 7.17. The highest BCUT2D eigenvalue weighted by Crippen LogP contribution is 2.45. The fraction of sp³-hybridized carbons (Fsp3) is 0.310. The number of thiazole rings is 1. The number of carbonyl (C=O) groups is 2. The molecule has 1 atom stereocenters. The molecular formula is C29H27FN2O7S. The standard InChI is InChI=1S/C29H27FN2O7S/c1-5-6-7-12-38-20-10-8-16(13-21(20)36-3)23-22-24(33)18-14-17(30)9-11-19(18)39-25(22)27(34)32(23)29-31-15(2)26(40-29)28(35)37-4/h8-11,13-14,23H,5-7,12H2,1-4H3. The second kappa shape index (κ2) is 11.1. The Balaban J connectivity index is 1.69. The van der Waals surface area contributed by atoms with Crippen molar-refractivity contribution >= 4 is 39.3 Å². The van der Waals surface area contributed by atoms with Crippen molar-refractivity contribution in [2.75, 3.05) is 25.7 Å². The number of rotatable bonds is 9. The number of fused-ring (bicyclic) bond motifs is 2. The summed E-state index contributed by atoms with van der Waals surface area (Å²) >= 11 is 0.963. The zero-order chi connectivity index (χ0) is 28.6. The molecule has 1 aliphatic rings. The molecule has 9 nitrogen and oxygen atoms in total. The van der Waals surface area contributed by atoms with E-state index in [9.17, 15) is 18.8 Å². The zero-order valence-electron chi connectivity index (χ0n) is 22.4. The topological polar surface area (TPSA) is 108 Å². The molecule has 0 fully saturated rings. The lowest BCUT2D eigenvalue weighted by Gasteiger charge is -2.23. The predicted octanol–water partition coefficient (Wildman–Crippen LogP) is 5.81. The van der Waals surface area contributed by atoms with Crippen molar-refractivity contribution in [3.05, 3.63) is 79.9 Å². The maximum absolute atomic E-state index is 14.1. The maximum Gasteiger partial charge on any atom is 0.350 e. The van der Waals surface area contributed by atoms with Gasteiger partial charge in [-0.3, -0.25) is 14.5 Å². The summed E-state index contributed by atoms with van der Waals surface area (Å²) in [5.41, 5.74) is 0.457. The lowest BCUT2D eigenvalue weighted by atomic mass is 9.98. The third-order valence-electron chi connectivity index (χ3n) is 6.70. The van der Waals surface area contributed by atoms with Crippen LogP contribution in [0.25, 0.3) is 11.0 Å². The average Bonchev–Trinajstić information content (AvgIpc) is 3.48. The largest absolute Gasteiger partial charge is 0.493 e. The van der Waals surface area contributed by atoms with Gasteiger partial charge in [0, 0.05) is 0 Å². The summed E-state index contributed by atoms with van der Waals surface area (Å²) < 4.78 is 36.4. The minimum absolute atomic E-state index is 0.00631. The second-order valence-corrected chi connectivity index (χ2v) is 10.2. The summed E-state index contributed by atoms with van der Waals surface area (Å²) in [6.07, 6.45) is 2.97. The number of esters is 1. The molecule has 208 valence electrons. The van der Waals surface area contributed by atoms with Crippen LogP contribution < -0.4 is 19.8 Å². The van der Waals surface area contributed by atoms with Gasteiger partial charge < -0.3 is 18.6 Å². The van der Waals surface area contributed by atoms with Crippen LogP contribution in [0.15, 0.2) is 45.6 Å². The number of nitrogens with zero attached hydrogens (tertiary/aromatic N) is 2. The van der Waals surface area contributed by atoms with Crippen molar-refractivity contribution in [2.45, 2.75) is 39.2 Å². The van der Waals surface area contributed by atoms with Crippen molar-refractivity contribution in [1.29, 1.82) is 0 Å². The molecule has 2 aromatic heterocycles. The first kappa shape index (κ1) is 27.3. The Labute approximate surface area is 233 Å². The van der Waals surface area contributed by atoms with Crippen LogP contribution in [-0.2, 0) is 4.74 Å². The van der Waals surface area contributed by atoms with Crippen molar-refractivity contribution in [1.82, 2.24) is 4.98 Å². The Kier molecular flexibility index (Phi) is 7.57. The number of methoxy groups -OCH3 is 2. The van der Waals surface area contributed by atoms with Gasteiger partial charge in [-0.25, -0.2) is 14.2 Å². The smallest absolute Gasteiger partial charge is 0.350 e. The van der Waals surface area contributed by atoms with Crippen LogP contribution in [0.3, 0.4) is 0 Å². The van der Waals surface area contributed by atoms with E-state index in [-0.39, 0.29) is 32.3 Å². The molecule has 0 saturated carbocycles. The maximum atomic E-state index is 14.1. The first-order chi connectivity index (χ1) is 19.3. The zero-order valence-corrected chi connectivity index (χ0v) is 23.2. The number of benzene rings is 2. The number of aryl methyl sites for hydroxylation is 1. The molecule has 0 radical (unpaired) electrons. The van der Waals surface area contributed by atoms with Crippen LogP contribution in [0.5, 0.6) is 11.5 Å². The Morgan fingerprint density at radius 3 is 2.65 bits per heavy atom. The molecule has 0 spiro atoms. The van der Waals surface area contributed by atoms with E-state index in [0.29, 0.717) is 29.4 Å². The fourth-order valence-corrected chi connectivity index (χ4v) is 5.74. The quantitative estimate of drug-likeness (QED) is 0.184. The third-order valence-corrected chi connectivity index (χ3v) is 7.84. The van der Waals surface area contributed by atoms with E-state index in [4.69, 9.17) is 18.6 Å². The van der Waals surface area contributed by atoms with E-state index in [1.807, 2.05) is 0 Å². The molecule has 0 saturated heterocycles. The first-order valence-corrected chi connectivity index (χ1v) is 13.6. The van der Waals surface area contributed by atoms with Gasteiger partial charge in [0.1, 0.15) is 16.3 Å². The molecule has 1 aliphatic heterocycles. The van der Waals surface area contributed by atoms with Crippen molar-refractivity contribution in [3.63, 3.8) is 0 Å². The van der Waals surface area contributed by atoms with E-state index in [2.05, 4.69) is 11.9 Å². The number of aromatic nitrogens is 1. The molecule has 4 aromatic rings. The molecule has 5 rings (SSSR count). The molecule has 40 heavy (non-hydrogen) atoms. The van der Waals surface area contributed by atoms with E-state index in [1.54, 1.807) is 25.1 Å². The minimum Gasteiger partial charge on any atom is -0.493 e. The molecule has 3 heterocycles. The van der Waals surface area contributed by atoms with Crippen LogP contribution in [0.1, 0.15) is 69.3 Å². The monoisotopic (exact) mass is 566 g/mol. The third kappa shape index (κ3) is 4.70. The summed E-state index contributed by atoms with van der Waals surface area (Å²) in [7, 11) is 2.76. The molecule has 1 unspecified atom stereocenters. The number of halogens is 1. The van der Waals surface area contributed by atoms with Crippen molar-refractivity contribution in [2.24, 2.45) is 0 Å². The summed E-state index contributed by atoms with van der Waals surface area (Å²) in [6.45, 7) is 4.24. The minimum atomic E-state index is -0.995. The summed E-state index contributed by atoms with van der Waals surface area (Å²) in [6, 6.07) is 7.70. The number of amides is 1. The number of anilines is 1. The molecule has 0 N–H and O–H groups in total. The average molecular weight is 567 g/mol. The van der Waals surface area contributed by atoms with Gasteiger partial charge in [0.25, 0.3) is 5.91 Å². The summed E-state index contributed by atoms with van der Waals surface area (Å²) in [5, 5.41) is 0.180. The number of unbranched alkanes of at least 4 members (excludes halogenated alkanes) is 2. The Hall–Kier alpha value is -4.25. The van der Waals surface area contributed by atoms with E-state index < -0.39 is 29.2 Å². The van der Waals surface area contributed by atoms with E-state index in [1.165, 1.54) is 25.2 Å². The van der Waals surface area contributed by atoms with Crippen LogP contribution in [0.4, 0.5) is 9.52 Å². The fourth-order valence-electron chi connectivity index (χ4n) is 4.73. The van der Waals surface area contributed by atoms with Crippen LogP contribution in [0, 0.1) is 12.7 Å². The van der Waals surface area contributed by atoms with Gasteiger partial charge in [-0.15, -0.1) is 0 Å². The van der Waals surface area contributed by atoms with Crippen LogP contribution in [0.2, 0.25) is 0 Å². The molecule has 0 bridgehead atoms. The molecule has 0 aliphatic carbocycles. The second-order valence-electron chi connectivity index (χ2n) is 9.26. The predicted molar refractivity (Wildman–Crippen MR) is 147 cm³/mol. The van der Waals surface area contributed by atoms with Gasteiger partial charge in [-0.05, 0) is 49.2 Å². The van der Waals surface area contributed by atoms with Crippen molar-refractivity contribution < 1.29 is 32.6 Å². The molecular weight excluding hydrogens is 539 g/mol. The molecule has 2 aromatic carbocycles. The Bertz CT molecular complexity index is 1680. The first-order valence-electron chi connectivity index (χ1n) is 12.7. The molecule has 1 amide bonds. The lowest BCUT2D eigenvalue weighted by molar-refractivity contribution is 0.0605. The number of carbonyl (C=O) groups excluding carboxylic acids is 2. The van der Waals surface area contributed by atoms with Gasteiger partial charge in [0.05, 0.1) is 43.5 Å².